The van der Waals surface area contributed by atoms with E-state index in [-0.39, 0.29) is 5.60 Å². The van der Waals surface area contributed by atoms with Crippen molar-refractivity contribution >= 4 is 0 Å². The highest BCUT2D eigenvalue weighted by atomic mass is 16.5. The summed E-state index contributed by atoms with van der Waals surface area (Å²) in [6.45, 7) is 4.89. The van der Waals surface area contributed by atoms with Gasteiger partial charge in [0.1, 0.15) is 5.69 Å². The van der Waals surface area contributed by atoms with E-state index in [9.17, 15) is 0 Å². The second-order valence-corrected chi connectivity index (χ2v) is 4.07. The second-order valence-electron chi connectivity index (χ2n) is 4.07. The molecule has 0 radical (unpaired) electrons. The van der Waals surface area contributed by atoms with Crippen molar-refractivity contribution in [1.82, 2.24) is 9.97 Å². The third-order valence-electron chi connectivity index (χ3n) is 2.42. The lowest BCUT2D eigenvalue weighted by Crippen LogP contribution is -2.25. The maximum atomic E-state index is 5.53. The molecule has 1 heterocycles. The van der Waals surface area contributed by atoms with Crippen LogP contribution in [0.5, 0.6) is 5.88 Å². The number of hydrogen-bond acceptors (Lipinski definition) is 5. The van der Waals surface area contributed by atoms with Crippen molar-refractivity contribution in [1.29, 1.82) is 0 Å². The van der Waals surface area contributed by atoms with Gasteiger partial charge >= 0.3 is 0 Å². The zero-order valence-electron chi connectivity index (χ0n) is 10.1. The van der Waals surface area contributed by atoms with E-state index in [1.54, 1.807) is 19.5 Å². The fraction of sp³-hybridized carbons (Fsp3) is 0.636. The molecule has 1 aromatic rings. The molecule has 16 heavy (non-hydrogen) atoms. The van der Waals surface area contributed by atoms with E-state index in [1.807, 2.05) is 13.8 Å². The molecule has 0 aliphatic carbocycles. The molecular formula is C11H19N3O2. The Morgan fingerprint density at radius 3 is 2.62 bits per heavy atom. The largest absolute Gasteiger partial charge is 0.476 e. The Balaban J connectivity index is 2.49. The molecular weight excluding hydrogens is 206 g/mol. The van der Waals surface area contributed by atoms with E-state index in [1.165, 1.54) is 0 Å². The van der Waals surface area contributed by atoms with Crippen LogP contribution in [0.1, 0.15) is 26.0 Å². The van der Waals surface area contributed by atoms with Crippen molar-refractivity contribution in [2.75, 3.05) is 13.7 Å². The first-order valence-corrected chi connectivity index (χ1v) is 5.27. The van der Waals surface area contributed by atoms with Crippen LogP contribution in [-0.2, 0) is 11.3 Å². The minimum atomic E-state index is -0.189. The van der Waals surface area contributed by atoms with Crippen LogP contribution in [0.3, 0.4) is 0 Å². The molecule has 0 atom stereocenters. The first kappa shape index (κ1) is 12.9. The molecule has 0 spiro atoms. The predicted molar refractivity (Wildman–Crippen MR) is 61.1 cm³/mol. The molecule has 0 aromatic carbocycles. The van der Waals surface area contributed by atoms with Gasteiger partial charge in [-0.05, 0) is 13.8 Å². The molecule has 5 heteroatoms. The number of nitrogens with two attached hydrogens (primary N) is 1. The van der Waals surface area contributed by atoms with Crippen molar-refractivity contribution in [3.63, 3.8) is 0 Å². The fourth-order valence-corrected chi connectivity index (χ4v) is 1.11. The topological polar surface area (TPSA) is 70.3 Å². The quantitative estimate of drug-likeness (QED) is 0.785. The van der Waals surface area contributed by atoms with Crippen LogP contribution in [0.25, 0.3) is 0 Å². The summed E-state index contributed by atoms with van der Waals surface area (Å²) >= 11 is 0. The van der Waals surface area contributed by atoms with Gasteiger partial charge in [-0.15, -0.1) is 0 Å². The minimum absolute atomic E-state index is 0.189. The van der Waals surface area contributed by atoms with Gasteiger partial charge in [-0.1, -0.05) is 0 Å². The van der Waals surface area contributed by atoms with Crippen LogP contribution >= 0.6 is 0 Å². The summed E-state index contributed by atoms with van der Waals surface area (Å²) in [5.74, 6) is 0.511. The zero-order valence-corrected chi connectivity index (χ0v) is 10.1. The Bertz CT molecular complexity index is 329. The lowest BCUT2D eigenvalue weighted by molar-refractivity contribution is 0.00495. The monoisotopic (exact) mass is 225 g/mol. The maximum absolute atomic E-state index is 5.53. The van der Waals surface area contributed by atoms with E-state index >= 15 is 0 Å². The van der Waals surface area contributed by atoms with Gasteiger partial charge in [-0.25, -0.2) is 4.98 Å². The third-order valence-corrected chi connectivity index (χ3v) is 2.42. The number of hydrogen-bond donors (Lipinski definition) is 1. The molecule has 0 amide bonds. The highest BCUT2D eigenvalue weighted by Gasteiger charge is 2.16. The smallest absolute Gasteiger partial charge is 0.236 e. The lowest BCUT2D eigenvalue weighted by Gasteiger charge is -2.22. The Morgan fingerprint density at radius 2 is 2.00 bits per heavy atom. The summed E-state index contributed by atoms with van der Waals surface area (Å²) in [5, 5.41) is 0. The molecule has 0 bridgehead atoms. The maximum Gasteiger partial charge on any atom is 0.236 e. The number of aromatic nitrogens is 2. The van der Waals surface area contributed by atoms with Crippen LogP contribution in [-0.4, -0.2) is 29.3 Å². The normalized spacial score (nSPS) is 11.5. The number of rotatable bonds is 6. The second kappa shape index (κ2) is 5.77. The first-order valence-electron chi connectivity index (χ1n) is 5.27. The van der Waals surface area contributed by atoms with Crippen LogP contribution in [0.2, 0.25) is 0 Å². The van der Waals surface area contributed by atoms with Gasteiger partial charge in [0.2, 0.25) is 5.88 Å². The summed E-state index contributed by atoms with van der Waals surface area (Å²) in [4.78, 5) is 8.18. The Labute approximate surface area is 96.0 Å². The highest BCUT2D eigenvalue weighted by Crippen LogP contribution is 2.15. The van der Waals surface area contributed by atoms with E-state index < -0.39 is 0 Å². The van der Waals surface area contributed by atoms with Gasteiger partial charge < -0.3 is 15.2 Å². The molecule has 5 nitrogen and oxygen atoms in total. The molecule has 0 unspecified atom stereocenters. The molecule has 1 rings (SSSR count). The molecule has 0 saturated carbocycles. The van der Waals surface area contributed by atoms with Gasteiger partial charge in [0.05, 0.1) is 12.2 Å². The van der Waals surface area contributed by atoms with E-state index in [0.717, 1.165) is 6.42 Å². The molecule has 0 aliphatic rings. The Morgan fingerprint density at radius 1 is 1.31 bits per heavy atom. The average Bonchev–Trinajstić information content (AvgIpc) is 2.29. The predicted octanol–water partition coefficient (Wildman–Crippen LogP) is 1.13. The number of ether oxygens (including phenoxy) is 2. The van der Waals surface area contributed by atoms with E-state index in [4.69, 9.17) is 15.2 Å². The Kier molecular flexibility index (Phi) is 4.64. The number of methoxy groups -OCH3 is 1. The van der Waals surface area contributed by atoms with Crippen molar-refractivity contribution < 1.29 is 9.47 Å². The molecule has 1 aromatic heterocycles. The van der Waals surface area contributed by atoms with Crippen LogP contribution in [0.4, 0.5) is 0 Å². The third kappa shape index (κ3) is 3.75. The SMILES string of the molecule is COC(C)(C)CCOc1nccnc1CN. The summed E-state index contributed by atoms with van der Waals surface area (Å²) in [6, 6.07) is 0. The van der Waals surface area contributed by atoms with Gasteiger partial charge in [0, 0.05) is 32.5 Å². The average molecular weight is 225 g/mol. The van der Waals surface area contributed by atoms with E-state index in [2.05, 4.69) is 9.97 Å². The van der Waals surface area contributed by atoms with Crippen molar-refractivity contribution in [3.8, 4) is 5.88 Å². The van der Waals surface area contributed by atoms with Gasteiger partial charge in [-0.3, -0.25) is 4.98 Å². The van der Waals surface area contributed by atoms with Crippen molar-refractivity contribution in [3.05, 3.63) is 18.1 Å². The van der Waals surface area contributed by atoms with Crippen molar-refractivity contribution in [2.24, 2.45) is 5.73 Å². The summed E-state index contributed by atoms with van der Waals surface area (Å²) in [7, 11) is 1.69. The van der Waals surface area contributed by atoms with Crippen LogP contribution in [0.15, 0.2) is 12.4 Å². The lowest BCUT2D eigenvalue weighted by atomic mass is 10.1. The number of nitrogens with zero attached hydrogens (tertiary/aromatic N) is 2. The van der Waals surface area contributed by atoms with Crippen LogP contribution < -0.4 is 10.5 Å². The molecule has 2 N–H and O–H groups in total. The molecule has 90 valence electrons. The van der Waals surface area contributed by atoms with Gasteiger partial charge in [0.15, 0.2) is 0 Å². The first-order chi connectivity index (χ1) is 7.59. The van der Waals surface area contributed by atoms with E-state index in [0.29, 0.717) is 24.7 Å². The van der Waals surface area contributed by atoms with Crippen LogP contribution in [0, 0.1) is 0 Å². The Hall–Kier alpha value is -1.20. The summed E-state index contributed by atoms with van der Waals surface area (Å²) in [5.41, 5.74) is 6.02. The fourth-order valence-electron chi connectivity index (χ4n) is 1.11. The zero-order chi connectivity index (χ0) is 12.0. The van der Waals surface area contributed by atoms with Crippen molar-refractivity contribution in [2.45, 2.75) is 32.4 Å². The molecule has 0 aliphatic heterocycles. The highest BCUT2D eigenvalue weighted by molar-refractivity contribution is 5.16. The summed E-state index contributed by atoms with van der Waals surface area (Å²) in [6.07, 6.45) is 3.98. The molecule has 0 saturated heterocycles. The summed E-state index contributed by atoms with van der Waals surface area (Å²) < 4.78 is 10.8. The molecule has 0 fully saturated rings. The van der Waals surface area contributed by atoms with Gasteiger partial charge in [-0.2, -0.15) is 0 Å². The standard InChI is InChI=1S/C11H19N3O2/c1-11(2,15-3)4-7-16-10-9(8-12)13-5-6-14-10/h5-6H,4,7-8,12H2,1-3H3. The minimum Gasteiger partial charge on any atom is -0.476 e. The van der Waals surface area contributed by atoms with Gasteiger partial charge in [0.25, 0.3) is 0 Å².